The highest BCUT2D eigenvalue weighted by Crippen LogP contribution is 2.57. The highest BCUT2D eigenvalue weighted by atomic mass is 16.5. The van der Waals surface area contributed by atoms with Crippen molar-refractivity contribution in [3.63, 3.8) is 0 Å². The maximum Gasteiger partial charge on any atom is 0.318 e. The number of amides is 3. The first-order valence-electron chi connectivity index (χ1n) is 11.7. The summed E-state index contributed by atoms with van der Waals surface area (Å²) in [5, 5.41) is 2.90. The van der Waals surface area contributed by atoms with Gasteiger partial charge in [-0.15, -0.1) is 0 Å². The van der Waals surface area contributed by atoms with Crippen molar-refractivity contribution in [3.8, 4) is 0 Å². The summed E-state index contributed by atoms with van der Waals surface area (Å²) in [6, 6.07) is 0. The summed E-state index contributed by atoms with van der Waals surface area (Å²) in [6.45, 7) is 4.52. The number of carbonyl (C=O) groups excluding carboxylic acids is 4. The first kappa shape index (κ1) is 21.8. The molecule has 0 bridgehead atoms. The fraction of sp³-hybridized carbons (Fsp3) is 0.739. The molecule has 2 atom stereocenters. The number of ether oxygens (including phenoxy) is 1. The van der Waals surface area contributed by atoms with Gasteiger partial charge in [-0.05, 0) is 57.4 Å². The average Bonchev–Trinajstić information content (AvgIpc) is 3.28. The lowest BCUT2D eigenvalue weighted by atomic mass is 9.65. The van der Waals surface area contributed by atoms with Crippen molar-refractivity contribution in [2.45, 2.75) is 64.7 Å². The van der Waals surface area contributed by atoms with Crippen molar-refractivity contribution in [3.05, 3.63) is 11.3 Å². The van der Waals surface area contributed by atoms with Crippen molar-refractivity contribution in [1.82, 2.24) is 15.1 Å². The number of rotatable bonds is 8. The van der Waals surface area contributed by atoms with Crippen molar-refractivity contribution < 1.29 is 23.9 Å². The van der Waals surface area contributed by atoms with Crippen LogP contribution in [0.2, 0.25) is 0 Å². The Balaban J connectivity index is 1.45. The van der Waals surface area contributed by atoms with Crippen molar-refractivity contribution in [2.24, 2.45) is 11.3 Å². The van der Waals surface area contributed by atoms with Crippen LogP contribution in [0.1, 0.15) is 64.7 Å². The molecular formula is C23H33N3O5. The highest BCUT2D eigenvalue weighted by Gasteiger charge is 2.63. The van der Waals surface area contributed by atoms with Crippen LogP contribution in [0.5, 0.6) is 0 Å². The Hall–Kier alpha value is -2.38. The van der Waals surface area contributed by atoms with Gasteiger partial charge < -0.3 is 19.9 Å². The molecule has 0 radical (unpaired) electrons. The Morgan fingerprint density at radius 3 is 2.65 bits per heavy atom. The van der Waals surface area contributed by atoms with Gasteiger partial charge in [0.25, 0.3) is 0 Å². The number of nitrogens with one attached hydrogen (secondary N) is 1. The van der Waals surface area contributed by atoms with Gasteiger partial charge in [0.05, 0.1) is 12.5 Å². The van der Waals surface area contributed by atoms with Crippen molar-refractivity contribution >= 4 is 23.7 Å². The lowest BCUT2D eigenvalue weighted by molar-refractivity contribution is -0.158. The van der Waals surface area contributed by atoms with Crippen LogP contribution < -0.4 is 5.32 Å². The largest absolute Gasteiger partial charge is 0.465 e. The second-order valence-electron chi connectivity index (χ2n) is 9.04. The molecule has 1 N–H and O–H groups in total. The van der Waals surface area contributed by atoms with E-state index in [0.717, 1.165) is 44.3 Å². The molecule has 0 unspecified atom stereocenters. The molecule has 0 spiro atoms. The molecule has 0 aromatic heterocycles. The van der Waals surface area contributed by atoms with Gasteiger partial charge in [0.2, 0.25) is 17.7 Å². The summed E-state index contributed by atoms with van der Waals surface area (Å²) in [4.78, 5) is 54.6. The second-order valence-corrected chi connectivity index (χ2v) is 9.04. The summed E-state index contributed by atoms with van der Waals surface area (Å²) in [7, 11) is 0. The fourth-order valence-electron chi connectivity index (χ4n) is 5.89. The Bertz CT molecular complexity index is 803. The van der Waals surface area contributed by atoms with Crippen LogP contribution in [0.25, 0.3) is 0 Å². The van der Waals surface area contributed by atoms with E-state index in [9.17, 15) is 19.2 Å². The average molecular weight is 432 g/mol. The summed E-state index contributed by atoms with van der Waals surface area (Å²) >= 11 is 0. The zero-order valence-corrected chi connectivity index (χ0v) is 18.4. The van der Waals surface area contributed by atoms with Gasteiger partial charge in [-0.1, -0.05) is 0 Å². The third-order valence-corrected chi connectivity index (χ3v) is 7.22. The van der Waals surface area contributed by atoms with Gasteiger partial charge in [-0.3, -0.25) is 19.2 Å². The molecule has 0 aromatic rings. The van der Waals surface area contributed by atoms with E-state index in [1.54, 1.807) is 11.8 Å². The molecule has 170 valence electrons. The van der Waals surface area contributed by atoms with Gasteiger partial charge in [-0.25, -0.2) is 0 Å². The molecule has 4 rings (SSSR count). The topological polar surface area (TPSA) is 96.0 Å². The van der Waals surface area contributed by atoms with E-state index >= 15 is 0 Å². The molecule has 3 heterocycles. The SMILES string of the molecule is CCOC(=O)[C@@]12CCCC3=C1N(CCC3)C(=O)[C@H]2CC(=O)NCCCN1CCCC1=O. The lowest BCUT2D eigenvalue weighted by Gasteiger charge is -2.39. The molecule has 0 saturated carbocycles. The molecule has 3 aliphatic heterocycles. The summed E-state index contributed by atoms with van der Waals surface area (Å²) < 4.78 is 5.46. The molecule has 2 saturated heterocycles. The Kier molecular flexibility index (Phi) is 6.34. The quantitative estimate of drug-likeness (QED) is 0.467. The molecule has 8 heteroatoms. The van der Waals surface area contributed by atoms with Crippen LogP contribution in [-0.2, 0) is 23.9 Å². The Morgan fingerprint density at radius 1 is 1.13 bits per heavy atom. The van der Waals surface area contributed by atoms with E-state index < -0.39 is 11.3 Å². The minimum atomic E-state index is -1.01. The minimum absolute atomic E-state index is 0.00638. The lowest BCUT2D eigenvalue weighted by Crippen LogP contribution is -2.44. The molecule has 2 fully saturated rings. The molecule has 0 aromatic carbocycles. The van der Waals surface area contributed by atoms with Crippen molar-refractivity contribution in [1.29, 1.82) is 0 Å². The van der Waals surface area contributed by atoms with E-state index in [1.165, 1.54) is 5.57 Å². The number of hydrogen-bond acceptors (Lipinski definition) is 5. The third kappa shape index (κ3) is 3.85. The predicted octanol–water partition coefficient (Wildman–Crippen LogP) is 1.74. The van der Waals surface area contributed by atoms with Crippen LogP contribution in [0.3, 0.4) is 0 Å². The van der Waals surface area contributed by atoms with Crippen molar-refractivity contribution in [2.75, 3.05) is 32.8 Å². The van der Waals surface area contributed by atoms with E-state index in [-0.39, 0.29) is 36.7 Å². The van der Waals surface area contributed by atoms with Crippen LogP contribution in [-0.4, -0.2) is 66.3 Å². The number of hydrogen-bond donors (Lipinski definition) is 1. The van der Waals surface area contributed by atoms with E-state index in [4.69, 9.17) is 4.74 Å². The fourth-order valence-corrected chi connectivity index (χ4v) is 5.89. The Morgan fingerprint density at radius 2 is 1.90 bits per heavy atom. The summed E-state index contributed by atoms with van der Waals surface area (Å²) in [5.41, 5.74) is 1.02. The maximum absolute atomic E-state index is 13.3. The normalized spacial score (nSPS) is 27.6. The molecular weight excluding hydrogens is 398 g/mol. The predicted molar refractivity (Wildman–Crippen MR) is 112 cm³/mol. The minimum Gasteiger partial charge on any atom is -0.465 e. The standard InChI is InChI=1S/C23H33N3O5/c1-2-31-22(30)23-10-3-7-16-8-4-14-26(20(16)23)21(29)17(23)15-18(27)24-11-6-13-25-12-5-9-19(25)28/h17H,2-15H2,1H3,(H,24,27)/t17-,23-/m1/s1. The smallest absolute Gasteiger partial charge is 0.318 e. The molecule has 4 aliphatic rings. The van der Waals surface area contributed by atoms with Gasteiger partial charge in [0.1, 0.15) is 5.41 Å². The van der Waals surface area contributed by atoms with Crippen LogP contribution in [0.4, 0.5) is 0 Å². The van der Waals surface area contributed by atoms with Gasteiger partial charge in [0.15, 0.2) is 0 Å². The zero-order valence-electron chi connectivity index (χ0n) is 18.4. The molecule has 3 amide bonds. The van der Waals surface area contributed by atoms with Crippen LogP contribution in [0, 0.1) is 11.3 Å². The highest BCUT2D eigenvalue weighted by molar-refractivity contribution is 5.99. The van der Waals surface area contributed by atoms with E-state index in [0.29, 0.717) is 38.9 Å². The number of likely N-dealkylation sites (tertiary alicyclic amines) is 1. The summed E-state index contributed by atoms with van der Waals surface area (Å²) in [5.74, 6) is -1.21. The monoisotopic (exact) mass is 431 g/mol. The number of nitrogens with zero attached hydrogens (tertiary/aromatic N) is 2. The van der Waals surface area contributed by atoms with E-state index in [1.807, 2.05) is 4.90 Å². The van der Waals surface area contributed by atoms with Gasteiger partial charge in [0, 0.05) is 44.7 Å². The van der Waals surface area contributed by atoms with Gasteiger partial charge in [-0.2, -0.15) is 0 Å². The second kappa shape index (κ2) is 9.01. The third-order valence-electron chi connectivity index (χ3n) is 7.22. The van der Waals surface area contributed by atoms with Gasteiger partial charge >= 0.3 is 5.97 Å². The molecule has 1 aliphatic carbocycles. The first-order chi connectivity index (χ1) is 15.0. The Labute approximate surface area is 183 Å². The first-order valence-corrected chi connectivity index (χ1v) is 11.7. The molecule has 31 heavy (non-hydrogen) atoms. The van der Waals surface area contributed by atoms with E-state index in [2.05, 4.69) is 5.32 Å². The zero-order chi connectivity index (χ0) is 22.0. The summed E-state index contributed by atoms with van der Waals surface area (Å²) in [6.07, 6.45) is 6.30. The maximum atomic E-state index is 13.3. The van der Waals surface area contributed by atoms with Crippen LogP contribution in [0.15, 0.2) is 11.3 Å². The van der Waals surface area contributed by atoms with Crippen LogP contribution >= 0.6 is 0 Å². The number of carbonyl (C=O) groups is 4. The number of allylic oxidation sites excluding steroid dienone is 1. The number of esters is 1. The molecule has 8 nitrogen and oxygen atoms in total.